The minimum absolute atomic E-state index is 0.0942. The van der Waals surface area contributed by atoms with Crippen LogP contribution in [-0.4, -0.2) is 10.8 Å². The molecule has 1 heterocycles. The van der Waals surface area contributed by atoms with Gasteiger partial charge in [-0.3, -0.25) is 9.78 Å². The van der Waals surface area contributed by atoms with Crippen LogP contribution in [0.2, 0.25) is 0 Å². The third kappa shape index (κ3) is 2.42. The Balaban J connectivity index is 2.11. The molecule has 2 aromatic rings. The fraction of sp³-hybridized carbons (Fsp3) is 0.263. The van der Waals surface area contributed by atoms with E-state index >= 15 is 0 Å². The van der Waals surface area contributed by atoms with E-state index in [9.17, 15) is 4.79 Å². The maximum Gasteiger partial charge on any atom is 0.165 e. The van der Waals surface area contributed by atoms with Gasteiger partial charge in [0.05, 0.1) is 11.2 Å². The zero-order chi connectivity index (χ0) is 14.9. The number of hydrogen-bond donors (Lipinski definition) is 0. The summed E-state index contributed by atoms with van der Waals surface area (Å²) in [7, 11) is 0. The summed E-state index contributed by atoms with van der Waals surface area (Å²) in [6, 6.07) is 9.95. The molecule has 2 heteroatoms. The Labute approximate surface area is 125 Å². The minimum atomic E-state index is -0.0942. The first-order valence-corrected chi connectivity index (χ1v) is 7.31. The van der Waals surface area contributed by atoms with Gasteiger partial charge in [0.25, 0.3) is 0 Å². The van der Waals surface area contributed by atoms with Crippen molar-refractivity contribution in [2.45, 2.75) is 25.7 Å². The first-order valence-electron chi connectivity index (χ1n) is 7.31. The highest BCUT2D eigenvalue weighted by Gasteiger charge is 2.37. The van der Waals surface area contributed by atoms with Crippen LogP contribution in [0.5, 0.6) is 0 Å². The Morgan fingerprint density at radius 3 is 2.57 bits per heavy atom. The molecule has 1 aliphatic carbocycles. The van der Waals surface area contributed by atoms with Crippen LogP contribution < -0.4 is 0 Å². The summed E-state index contributed by atoms with van der Waals surface area (Å²) in [5.74, 6) is 0.193. The number of aromatic nitrogens is 1. The van der Waals surface area contributed by atoms with Gasteiger partial charge < -0.3 is 0 Å². The lowest BCUT2D eigenvalue weighted by atomic mass is 9.68. The molecule has 106 valence electrons. The maximum absolute atomic E-state index is 12.6. The van der Waals surface area contributed by atoms with E-state index in [4.69, 9.17) is 4.98 Å². The van der Waals surface area contributed by atoms with Crippen LogP contribution in [0.1, 0.15) is 35.3 Å². The van der Waals surface area contributed by atoms with Crippen LogP contribution in [0.15, 0.2) is 55.6 Å². The molecule has 1 aromatic heterocycles. The van der Waals surface area contributed by atoms with Gasteiger partial charge in [-0.2, -0.15) is 0 Å². The zero-order valence-electron chi connectivity index (χ0n) is 12.1. The fourth-order valence-corrected chi connectivity index (χ4v) is 3.37. The number of benzene rings is 1. The number of carbonyl (C=O) groups is 1. The number of allylic oxidation sites excluding steroid dienone is 2. The normalized spacial score (nSPS) is 16.5. The molecule has 0 fully saturated rings. The Hall–Kier alpha value is -2.22. The highest BCUT2D eigenvalue weighted by atomic mass is 16.1. The van der Waals surface area contributed by atoms with Gasteiger partial charge in [-0.1, -0.05) is 30.4 Å². The number of carbonyl (C=O) groups excluding carboxylic acids is 1. The van der Waals surface area contributed by atoms with Crippen molar-refractivity contribution >= 4 is 16.7 Å². The summed E-state index contributed by atoms with van der Waals surface area (Å²) >= 11 is 0. The van der Waals surface area contributed by atoms with E-state index in [-0.39, 0.29) is 11.2 Å². The van der Waals surface area contributed by atoms with Crippen molar-refractivity contribution in [3.63, 3.8) is 0 Å². The molecule has 0 bridgehead atoms. The van der Waals surface area contributed by atoms with E-state index in [0.717, 1.165) is 41.4 Å². The zero-order valence-corrected chi connectivity index (χ0v) is 12.1. The smallest absolute Gasteiger partial charge is 0.165 e. The molecular formula is C19H19NO. The Morgan fingerprint density at radius 1 is 1.14 bits per heavy atom. The van der Waals surface area contributed by atoms with Gasteiger partial charge in [-0.15, -0.1) is 13.2 Å². The molecule has 1 aromatic carbocycles. The van der Waals surface area contributed by atoms with Crippen molar-refractivity contribution in [1.82, 2.24) is 4.98 Å². The van der Waals surface area contributed by atoms with Gasteiger partial charge in [-0.05, 0) is 36.8 Å². The molecular weight excluding hydrogens is 258 g/mol. The van der Waals surface area contributed by atoms with Gasteiger partial charge >= 0.3 is 0 Å². The summed E-state index contributed by atoms with van der Waals surface area (Å²) in [5.41, 5.74) is 2.58. The monoisotopic (exact) mass is 277 g/mol. The maximum atomic E-state index is 12.6. The molecule has 0 saturated carbocycles. The molecule has 21 heavy (non-hydrogen) atoms. The average molecular weight is 277 g/mol. The molecule has 0 N–H and O–H groups in total. The molecule has 2 nitrogen and oxygen atoms in total. The van der Waals surface area contributed by atoms with Gasteiger partial charge in [0, 0.05) is 17.4 Å². The molecule has 0 aliphatic heterocycles. The fourth-order valence-electron chi connectivity index (χ4n) is 3.37. The van der Waals surface area contributed by atoms with E-state index in [1.54, 1.807) is 0 Å². The minimum Gasteiger partial charge on any atom is -0.294 e. The van der Waals surface area contributed by atoms with E-state index < -0.39 is 0 Å². The van der Waals surface area contributed by atoms with Crippen molar-refractivity contribution in [3.05, 3.63) is 66.9 Å². The van der Waals surface area contributed by atoms with Crippen molar-refractivity contribution in [1.29, 1.82) is 0 Å². The standard InChI is InChI=1S/C19H19NO/c1-3-9-19(10-4-2)12-17-15(18(21)13-19)11-14-7-5-6-8-16(14)20-17/h3-8,11H,1-2,9-10,12-13H2. The first kappa shape index (κ1) is 13.7. The average Bonchev–Trinajstić information content (AvgIpc) is 2.46. The molecule has 1 aliphatic rings. The topological polar surface area (TPSA) is 30.0 Å². The van der Waals surface area contributed by atoms with Crippen LogP contribution >= 0.6 is 0 Å². The third-order valence-electron chi connectivity index (χ3n) is 4.34. The van der Waals surface area contributed by atoms with E-state index in [1.807, 2.05) is 42.5 Å². The lowest BCUT2D eigenvalue weighted by Crippen LogP contribution is -2.32. The number of nitrogens with zero attached hydrogens (tertiary/aromatic N) is 1. The van der Waals surface area contributed by atoms with Crippen LogP contribution in [0.4, 0.5) is 0 Å². The summed E-state index contributed by atoms with van der Waals surface area (Å²) in [6.45, 7) is 7.69. The molecule has 0 amide bonds. The summed E-state index contributed by atoms with van der Waals surface area (Å²) in [6.07, 6.45) is 6.82. The van der Waals surface area contributed by atoms with Crippen LogP contribution in [-0.2, 0) is 6.42 Å². The van der Waals surface area contributed by atoms with E-state index in [0.29, 0.717) is 6.42 Å². The number of para-hydroxylation sites is 1. The van der Waals surface area contributed by atoms with Gasteiger partial charge in [-0.25, -0.2) is 0 Å². The molecule has 0 saturated heterocycles. The second-order valence-corrected chi connectivity index (χ2v) is 5.94. The van der Waals surface area contributed by atoms with Crippen LogP contribution in [0.25, 0.3) is 10.9 Å². The molecule has 0 spiro atoms. The molecule has 0 radical (unpaired) electrons. The van der Waals surface area contributed by atoms with Crippen molar-refractivity contribution in [2.24, 2.45) is 5.41 Å². The van der Waals surface area contributed by atoms with E-state index in [1.165, 1.54) is 0 Å². The van der Waals surface area contributed by atoms with Crippen molar-refractivity contribution < 1.29 is 4.79 Å². The predicted octanol–water partition coefficient (Wildman–Crippen LogP) is 4.50. The van der Waals surface area contributed by atoms with Gasteiger partial charge in [0.15, 0.2) is 5.78 Å². The second kappa shape index (κ2) is 5.28. The predicted molar refractivity (Wildman–Crippen MR) is 86.5 cm³/mol. The largest absolute Gasteiger partial charge is 0.294 e. The number of hydrogen-bond acceptors (Lipinski definition) is 2. The third-order valence-corrected chi connectivity index (χ3v) is 4.34. The SMILES string of the molecule is C=CCC1(CC=C)CC(=O)c2cc3ccccc3nc2C1. The lowest BCUT2D eigenvalue weighted by Gasteiger charge is -2.35. The van der Waals surface area contributed by atoms with Crippen LogP contribution in [0.3, 0.4) is 0 Å². The summed E-state index contributed by atoms with van der Waals surface area (Å²) in [5, 5.41) is 1.03. The van der Waals surface area contributed by atoms with Crippen molar-refractivity contribution in [3.8, 4) is 0 Å². The van der Waals surface area contributed by atoms with Gasteiger partial charge in [0.1, 0.15) is 0 Å². The molecule has 0 unspecified atom stereocenters. The van der Waals surface area contributed by atoms with E-state index in [2.05, 4.69) is 13.2 Å². The van der Waals surface area contributed by atoms with Crippen molar-refractivity contribution in [2.75, 3.05) is 0 Å². The first-order chi connectivity index (χ1) is 10.2. The number of rotatable bonds is 4. The molecule has 0 atom stereocenters. The van der Waals surface area contributed by atoms with Crippen LogP contribution in [0, 0.1) is 5.41 Å². The highest BCUT2D eigenvalue weighted by molar-refractivity contribution is 6.01. The van der Waals surface area contributed by atoms with Gasteiger partial charge in [0.2, 0.25) is 0 Å². The lowest BCUT2D eigenvalue weighted by molar-refractivity contribution is 0.0885. The Bertz CT molecular complexity index is 719. The Morgan fingerprint density at radius 2 is 1.86 bits per heavy atom. The number of ketones is 1. The Kier molecular flexibility index (Phi) is 3.46. The number of pyridine rings is 1. The highest BCUT2D eigenvalue weighted by Crippen LogP contribution is 2.41. The number of Topliss-reactive ketones (excluding diaryl/α,β-unsaturated/α-hetero) is 1. The summed E-state index contributed by atoms with van der Waals surface area (Å²) < 4.78 is 0. The molecule has 3 rings (SSSR count). The second-order valence-electron chi connectivity index (χ2n) is 5.94. The number of fused-ring (bicyclic) bond motifs is 2. The quantitative estimate of drug-likeness (QED) is 0.770. The summed E-state index contributed by atoms with van der Waals surface area (Å²) in [4.78, 5) is 17.3.